The van der Waals surface area contributed by atoms with Gasteiger partial charge in [-0.15, -0.1) is 12.4 Å². The molecule has 2 aromatic rings. The van der Waals surface area contributed by atoms with E-state index < -0.39 is 0 Å². The molecule has 6 heteroatoms. The SMILES string of the molecule is CCCOc1ccc(OCC(=O)N2C[C@@H](CN)[C@H](c3ccccc3)C2)cc1.Cl. The molecule has 3 rings (SSSR count). The lowest BCUT2D eigenvalue weighted by atomic mass is 9.89. The van der Waals surface area contributed by atoms with E-state index in [9.17, 15) is 4.79 Å². The third kappa shape index (κ3) is 5.63. The number of nitrogens with zero attached hydrogens (tertiary/aromatic N) is 1. The second kappa shape index (κ2) is 10.9. The number of carbonyl (C=O) groups is 1. The van der Waals surface area contributed by atoms with Gasteiger partial charge in [-0.25, -0.2) is 0 Å². The number of halogens is 1. The smallest absolute Gasteiger partial charge is 0.260 e. The number of nitrogens with two attached hydrogens (primary N) is 1. The topological polar surface area (TPSA) is 64.8 Å². The van der Waals surface area contributed by atoms with Crippen molar-refractivity contribution in [2.45, 2.75) is 19.3 Å². The fourth-order valence-electron chi connectivity index (χ4n) is 3.48. The number of hydrogen-bond donors (Lipinski definition) is 1. The summed E-state index contributed by atoms with van der Waals surface area (Å²) in [5.41, 5.74) is 7.20. The molecule has 0 saturated carbocycles. The lowest BCUT2D eigenvalue weighted by molar-refractivity contribution is -0.132. The zero-order valence-corrected chi connectivity index (χ0v) is 17.1. The third-order valence-electron chi connectivity index (χ3n) is 4.98. The van der Waals surface area contributed by atoms with E-state index in [-0.39, 0.29) is 36.8 Å². The van der Waals surface area contributed by atoms with Crippen LogP contribution in [0.25, 0.3) is 0 Å². The third-order valence-corrected chi connectivity index (χ3v) is 4.98. The second-order valence-corrected chi connectivity index (χ2v) is 6.92. The molecule has 1 aliphatic rings. The summed E-state index contributed by atoms with van der Waals surface area (Å²) < 4.78 is 11.2. The zero-order chi connectivity index (χ0) is 19.1. The highest BCUT2D eigenvalue weighted by Crippen LogP contribution is 2.32. The molecule has 1 heterocycles. The first-order chi connectivity index (χ1) is 13.2. The van der Waals surface area contributed by atoms with E-state index in [4.69, 9.17) is 15.2 Å². The normalized spacial score (nSPS) is 18.4. The molecule has 0 unspecified atom stereocenters. The lowest BCUT2D eigenvalue weighted by Crippen LogP contribution is -2.33. The largest absolute Gasteiger partial charge is 0.494 e. The van der Waals surface area contributed by atoms with Crippen molar-refractivity contribution in [3.63, 3.8) is 0 Å². The molecule has 0 radical (unpaired) electrons. The molecular formula is C22H29ClN2O3. The van der Waals surface area contributed by atoms with Gasteiger partial charge in [0.15, 0.2) is 6.61 Å². The molecule has 0 aliphatic carbocycles. The number of ether oxygens (including phenoxy) is 2. The Morgan fingerprint density at radius 2 is 1.68 bits per heavy atom. The van der Waals surface area contributed by atoms with Crippen LogP contribution in [-0.2, 0) is 4.79 Å². The van der Waals surface area contributed by atoms with E-state index in [2.05, 4.69) is 19.1 Å². The Morgan fingerprint density at radius 3 is 2.29 bits per heavy atom. The van der Waals surface area contributed by atoms with Gasteiger partial charge in [-0.05, 0) is 48.7 Å². The molecule has 1 fully saturated rings. The standard InChI is InChI=1S/C22H28N2O3.ClH/c1-2-12-26-19-8-10-20(11-9-19)27-16-22(25)24-14-18(13-23)21(15-24)17-6-4-3-5-7-17;/h3-11,18,21H,2,12-16,23H2,1H3;1H/t18-,21+;/m1./s1. The first-order valence-corrected chi connectivity index (χ1v) is 9.59. The van der Waals surface area contributed by atoms with Gasteiger partial charge in [0, 0.05) is 19.0 Å². The molecule has 1 saturated heterocycles. The average molecular weight is 405 g/mol. The Kier molecular flexibility index (Phi) is 8.61. The van der Waals surface area contributed by atoms with Crippen molar-refractivity contribution in [3.8, 4) is 11.5 Å². The Balaban J connectivity index is 0.00000280. The van der Waals surface area contributed by atoms with E-state index in [1.807, 2.05) is 47.4 Å². The Hall–Kier alpha value is -2.24. The van der Waals surface area contributed by atoms with Crippen LogP contribution < -0.4 is 15.2 Å². The molecule has 0 bridgehead atoms. The van der Waals surface area contributed by atoms with Crippen LogP contribution in [-0.4, -0.2) is 43.7 Å². The van der Waals surface area contributed by atoms with Crippen LogP contribution in [0.3, 0.4) is 0 Å². The van der Waals surface area contributed by atoms with Gasteiger partial charge in [0.2, 0.25) is 0 Å². The first-order valence-electron chi connectivity index (χ1n) is 9.59. The van der Waals surface area contributed by atoms with Crippen molar-refractivity contribution in [1.29, 1.82) is 0 Å². The van der Waals surface area contributed by atoms with Gasteiger partial charge < -0.3 is 20.1 Å². The van der Waals surface area contributed by atoms with Crippen LogP contribution in [0.2, 0.25) is 0 Å². The van der Waals surface area contributed by atoms with Crippen LogP contribution in [0.4, 0.5) is 0 Å². The van der Waals surface area contributed by atoms with Gasteiger partial charge in [-0.3, -0.25) is 4.79 Å². The van der Waals surface area contributed by atoms with E-state index in [1.165, 1.54) is 5.56 Å². The molecule has 1 amide bonds. The average Bonchev–Trinajstić information content (AvgIpc) is 3.16. The summed E-state index contributed by atoms with van der Waals surface area (Å²) in [6.45, 7) is 4.74. The predicted molar refractivity (Wildman–Crippen MR) is 113 cm³/mol. The minimum absolute atomic E-state index is 0. The highest BCUT2D eigenvalue weighted by atomic mass is 35.5. The molecule has 1 aliphatic heterocycles. The van der Waals surface area contributed by atoms with Gasteiger partial charge in [-0.2, -0.15) is 0 Å². The monoisotopic (exact) mass is 404 g/mol. The molecule has 0 spiro atoms. The summed E-state index contributed by atoms with van der Waals surface area (Å²) in [4.78, 5) is 14.5. The Labute approximate surface area is 173 Å². The summed E-state index contributed by atoms with van der Waals surface area (Å²) >= 11 is 0. The first kappa shape index (κ1) is 22.1. The van der Waals surface area contributed by atoms with Gasteiger partial charge in [0.25, 0.3) is 5.91 Å². The van der Waals surface area contributed by atoms with E-state index in [0.29, 0.717) is 32.0 Å². The molecular weight excluding hydrogens is 376 g/mol. The molecule has 2 N–H and O–H groups in total. The van der Waals surface area contributed by atoms with E-state index >= 15 is 0 Å². The zero-order valence-electron chi connectivity index (χ0n) is 16.3. The molecule has 2 aromatic carbocycles. The Morgan fingerprint density at radius 1 is 1.04 bits per heavy atom. The number of benzene rings is 2. The Bertz CT molecular complexity index is 724. The van der Waals surface area contributed by atoms with E-state index in [0.717, 1.165) is 12.2 Å². The van der Waals surface area contributed by atoms with Gasteiger partial charge in [-0.1, -0.05) is 37.3 Å². The van der Waals surface area contributed by atoms with Gasteiger partial charge in [0.05, 0.1) is 6.61 Å². The summed E-state index contributed by atoms with van der Waals surface area (Å²) in [7, 11) is 0. The van der Waals surface area contributed by atoms with Crippen LogP contribution in [0.15, 0.2) is 54.6 Å². The minimum atomic E-state index is -0.00168. The van der Waals surface area contributed by atoms with Crippen molar-refractivity contribution in [2.75, 3.05) is 32.8 Å². The number of carbonyl (C=O) groups excluding carboxylic acids is 1. The molecule has 152 valence electrons. The molecule has 0 aromatic heterocycles. The van der Waals surface area contributed by atoms with Crippen LogP contribution >= 0.6 is 12.4 Å². The summed E-state index contributed by atoms with van der Waals surface area (Å²) in [6, 6.07) is 17.7. The molecule has 2 atom stereocenters. The molecule has 5 nitrogen and oxygen atoms in total. The van der Waals surface area contributed by atoms with Crippen molar-refractivity contribution in [2.24, 2.45) is 11.7 Å². The number of amides is 1. The predicted octanol–water partition coefficient (Wildman–Crippen LogP) is 3.48. The number of likely N-dealkylation sites (tertiary alicyclic amines) is 1. The molecule has 28 heavy (non-hydrogen) atoms. The maximum atomic E-state index is 12.6. The maximum absolute atomic E-state index is 12.6. The van der Waals surface area contributed by atoms with Crippen molar-refractivity contribution in [3.05, 3.63) is 60.2 Å². The summed E-state index contributed by atoms with van der Waals surface area (Å²) in [5, 5.41) is 0. The van der Waals surface area contributed by atoms with Crippen LogP contribution in [0.1, 0.15) is 24.8 Å². The van der Waals surface area contributed by atoms with Gasteiger partial charge >= 0.3 is 0 Å². The van der Waals surface area contributed by atoms with Crippen LogP contribution in [0, 0.1) is 5.92 Å². The van der Waals surface area contributed by atoms with Crippen molar-refractivity contribution < 1.29 is 14.3 Å². The summed E-state index contributed by atoms with van der Waals surface area (Å²) in [6.07, 6.45) is 0.969. The van der Waals surface area contributed by atoms with Gasteiger partial charge in [0.1, 0.15) is 11.5 Å². The number of rotatable bonds is 8. The van der Waals surface area contributed by atoms with Crippen molar-refractivity contribution >= 4 is 18.3 Å². The number of hydrogen-bond acceptors (Lipinski definition) is 4. The van der Waals surface area contributed by atoms with Crippen molar-refractivity contribution in [1.82, 2.24) is 4.90 Å². The van der Waals surface area contributed by atoms with Crippen LogP contribution in [0.5, 0.6) is 11.5 Å². The van der Waals surface area contributed by atoms with E-state index in [1.54, 1.807) is 0 Å². The summed E-state index contributed by atoms with van der Waals surface area (Å²) in [5.74, 6) is 2.05. The fraction of sp³-hybridized carbons (Fsp3) is 0.409. The highest BCUT2D eigenvalue weighted by Gasteiger charge is 2.35. The quantitative estimate of drug-likeness (QED) is 0.731. The minimum Gasteiger partial charge on any atom is -0.494 e. The highest BCUT2D eigenvalue weighted by molar-refractivity contribution is 5.85. The lowest BCUT2D eigenvalue weighted by Gasteiger charge is -2.17. The maximum Gasteiger partial charge on any atom is 0.260 e. The second-order valence-electron chi connectivity index (χ2n) is 6.92. The fourth-order valence-corrected chi connectivity index (χ4v) is 3.48.